The largest absolute Gasteiger partial charge is 0.389 e. The van der Waals surface area contributed by atoms with Gasteiger partial charge < -0.3 is 9.90 Å². The minimum Gasteiger partial charge on any atom is -0.389 e. The van der Waals surface area contributed by atoms with Crippen molar-refractivity contribution in [1.29, 1.82) is 0 Å². The van der Waals surface area contributed by atoms with Crippen molar-refractivity contribution in [2.24, 2.45) is 5.92 Å². The summed E-state index contributed by atoms with van der Waals surface area (Å²) in [5.41, 5.74) is 1.59. The minimum atomic E-state index is -3.74. The molecule has 1 fully saturated rings. The number of benzene rings is 2. The maximum atomic E-state index is 13.1. The molecule has 0 saturated carbocycles. The zero-order valence-corrected chi connectivity index (χ0v) is 15.5. The Morgan fingerprint density at radius 2 is 1.85 bits per heavy atom. The number of hydrogen-bond donors (Lipinski definition) is 1. The van der Waals surface area contributed by atoms with Crippen molar-refractivity contribution >= 4 is 16.3 Å². The van der Waals surface area contributed by atoms with Crippen molar-refractivity contribution in [2.75, 3.05) is 13.1 Å². The molecular weight excluding hydrogens is 350 g/mol. The van der Waals surface area contributed by atoms with Crippen LogP contribution in [-0.2, 0) is 14.8 Å². The highest BCUT2D eigenvalue weighted by Gasteiger charge is 2.35. The molecule has 0 radical (unpaired) electrons. The van der Waals surface area contributed by atoms with Gasteiger partial charge in [0.15, 0.2) is 0 Å². The molecule has 5 nitrogen and oxygen atoms in total. The van der Waals surface area contributed by atoms with Gasteiger partial charge in [-0.15, -0.1) is 0 Å². The number of rotatable bonds is 5. The van der Waals surface area contributed by atoms with E-state index < -0.39 is 16.1 Å². The zero-order valence-electron chi connectivity index (χ0n) is 14.7. The van der Waals surface area contributed by atoms with Gasteiger partial charge in [-0.3, -0.25) is 0 Å². The van der Waals surface area contributed by atoms with Gasteiger partial charge in [0.25, 0.3) is 0 Å². The van der Waals surface area contributed by atoms with Crippen molar-refractivity contribution in [3.63, 3.8) is 0 Å². The van der Waals surface area contributed by atoms with Gasteiger partial charge in [-0.2, -0.15) is 4.31 Å². The van der Waals surface area contributed by atoms with Crippen LogP contribution in [0.2, 0.25) is 0 Å². The number of sulfonamides is 1. The van der Waals surface area contributed by atoms with Crippen LogP contribution >= 0.6 is 0 Å². The summed E-state index contributed by atoms with van der Waals surface area (Å²) in [7, 11) is -3.74. The van der Waals surface area contributed by atoms with Crippen molar-refractivity contribution < 1.29 is 18.3 Å². The van der Waals surface area contributed by atoms with Crippen LogP contribution in [0.15, 0.2) is 59.5 Å². The molecule has 2 aromatic carbocycles. The minimum absolute atomic E-state index is 0.0186. The number of carbonyl (C=O) groups is 1. The van der Waals surface area contributed by atoms with Crippen molar-refractivity contribution in [1.82, 2.24) is 4.31 Å². The number of aldehydes is 1. The molecule has 26 heavy (non-hydrogen) atoms. The van der Waals surface area contributed by atoms with E-state index in [9.17, 15) is 18.3 Å². The molecule has 3 atom stereocenters. The van der Waals surface area contributed by atoms with Crippen LogP contribution < -0.4 is 0 Å². The molecule has 0 aromatic heterocycles. The predicted octanol–water partition coefficient (Wildman–Crippen LogP) is 2.73. The van der Waals surface area contributed by atoms with E-state index in [1.54, 1.807) is 19.1 Å². The first kappa shape index (κ1) is 18.8. The quantitative estimate of drug-likeness (QED) is 0.818. The van der Waals surface area contributed by atoms with Gasteiger partial charge in [0.05, 0.1) is 11.0 Å². The van der Waals surface area contributed by atoms with E-state index in [0.29, 0.717) is 18.5 Å². The third-order valence-electron chi connectivity index (χ3n) is 4.89. The van der Waals surface area contributed by atoms with Gasteiger partial charge in [0, 0.05) is 19.0 Å². The van der Waals surface area contributed by atoms with Gasteiger partial charge in [-0.25, -0.2) is 8.42 Å². The van der Waals surface area contributed by atoms with Gasteiger partial charge in [-0.05, 0) is 42.5 Å². The molecule has 1 saturated heterocycles. The molecule has 1 N–H and O–H groups in total. The molecular formula is C20H23NO4S. The molecule has 3 rings (SSSR count). The Labute approximate surface area is 154 Å². The van der Waals surface area contributed by atoms with E-state index >= 15 is 0 Å². The number of aliphatic hydroxyl groups is 1. The Balaban J connectivity index is 1.93. The summed E-state index contributed by atoms with van der Waals surface area (Å²) in [5.74, 6) is -0.349. The summed E-state index contributed by atoms with van der Waals surface area (Å²) >= 11 is 0. The SMILES string of the molecule is CC(O)c1cccc(S(=O)(=O)N2CC(C=O)CC(c3ccccc3)C2)c1. The lowest BCUT2D eigenvalue weighted by molar-refractivity contribution is -0.112. The summed E-state index contributed by atoms with van der Waals surface area (Å²) in [6.07, 6.45) is 0.753. The van der Waals surface area contributed by atoms with Crippen LogP contribution in [0.3, 0.4) is 0 Å². The number of piperidine rings is 1. The second-order valence-corrected chi connectivity index (χ2v) is 8.75. The lowest BCUT2D eigenvalue weighted by Gasteiger charge is -2.35. The highest BCUT2D eigenvalue weighted by Crippen LogP contribution is 2.33. The smallest absolute Gasteiger partial charge is 0.243 e. The van der Waals surface area contributed by atoms with Crippen LogP contribution in [0.1, 0.15) is 36.5 Å². The van der Waals surface area contributed by atoms with E-state index in [2.05, 4.69) is 0 Å². The molecule has 6 heteroatoms. The Morgan fingerprint density at radius 1 is 1.12 bits per heavy atom. The standard InChI is InChI=1S/C20H23NO4S/c1-15(23)18-8-5-9-20(11-18)26(24,25)21-12-16(14-22)10-19(13-21)17-6-3-2-4-7-17/h2-9,11,14-16,19,23H,10,12-13H2,1H3. The Hall–Kier alpha value is -2.02. The third kappa shape index (κ3) is 3.87. The molecule has 1 aliphatic rings. The second-order valence-electron chi connectivity index (χ2n) is 6.81. The summed E-state index contributed by atoms with van der Waals surface area (Å²) in [6, 6.07) is 16.1. The summed E-state index contributed by atoms with van der Waals surface area (Å²) in [6.45, 7) is 2.13. The molecule has 0 spiro atoms. The molecule has 3 unspecified atom stereocenters. The third-order valence-corrected chi connectivity index (χ3v) is 6.72. The first-order chi connectivity index (χ1) is 12.4. The summed E-state index contributed by atoms with van der Waals surface area (Å²) in [4.78, 5) is 11.6. The van der Waals surface area contributed by atoms with E-state index in [0.717, 1.165) is 11.8 Å². The predicted molar refractivity (Wildman–Crippen MR) is 99.2 cm³/mol. The van der Waals surface area contributed by atoms with Crippen LogP contribution in [0.5, 0.6) is 0 Å². The Kier molecular flexibility index (Phi) is 5.55. The van der Waals surface area contributed by atoms with Crippen molar-refractivity contribution in [2.45, 2.75) is 30.3 Å². The second kappa shape index (κ2) is 7.70. The maximum absolute atomic E-state index is 13.1. The van der Waals surface area contributed by atoms with Gasteiger partial charge in [0.1, 0.15) is 6.29 Å². The monoisotopic (exact) mass is 373 g/mol. The molecule has 0 aliphatic carbocycles. The molecule has 0 amide bonds. The van der Waals surface area contributed by atoms with Crippen LogP contribution in [0.25, 0.3) is 0 Å². The zero-order chi connectivity index (χ0) is 18.7. The lowest BCUT2D eigenvalue weighted by Crippen LogP contribution is -2.43. The summed E-state index contributed by atoms with van der Waals surface area (Å²) in [5, 5.41) is 9.74. The van der Waals surface area contributed by atoms with E-state index in [4.69, 9.17) is 0 Å². The van der Waals surface area contributed by atoms with Crippen molar-refractivity contribution in [3.8, 4) is 0 Å². The summed E-state index contributed by atoms with van der Waals surface area (Å²) < 4.78 is 27.7. The number of nitrogens with zero attached hydrogens (tertiary/aromatic N) is 1. The van der Waals surface area contributed by atoms with E-state index in [1.807, 2.05) is 30.3 Å². The molecule has 0 bridgehead atoms. The fourth-order valence-corrected chi connectivity index (χ4v) is 5.04. The number of aliphatic hydroxyl groups excluding tert-OH is 1. The van der Waals surface area contributed by atoms with Gasteiger partial charge in [0.2, 0.25) is 10.0 Å². The van der Waals surface area contributed by atoms with E-state index in [-0.39, 0.29) is 23.3 Å². The topological polar surface area (TPSA) is 74.7 Å². The van der Waals surface area contributed by atoms with Crippen LogP contribution in [-0.4, -0.2) is 37.2 Å². The van der Waals surface area contributed by atoms with Crippen LogP contribution in [0, 0.1) is 5.92 Å². The number of carbonyl (C=O) groups excluding carboxylic acids is 1. The first-order valence-electron chi connectivity index (χ1n) is 8.70. The fraction of sp³-hybridized carbons (Fsp3) is 0.350. The molecule has 2 aromatic rings. The van der Waals surface area contributed by atoms with Crippen LogP contribution in [0.4, 0.5) is 0 Å². The highest BCUT2D eigenvalue weighted by atomic mass is 32.2. The fourth-order valence-electron chi connectivity index (χ4n) is 3.44. The molecule has 138 valence electrons. The maximum Gasteiger partial charge on any atom is 0.243 e. The number of hydrogen-bond acceptors (Lipinski definition) is 4. The molecule has 1 aliphatic heterocycles. The van der Waals surface area contributed by atoms with Gasteiger partial charge >= 0.3 is 0 Å². The lowest BCUT2D eigenvalue weighted by atomic mass is 9.86. The average molecular weight is 373 g/mol. The average Bonchev–Trinajstić information content (AvgIpc) is 2.68. The van der Waals surface area contributed by atoms with Gasteiger partial charge in [-0.1, -0.05) is 42.5 Å². The first-order valence-corrected chi connectivity index (χ1v) is 10.1. The highest BCUT2D eigenvalue weighted by molar-refractivity contribution is 7.89. The Morgan fingerprint density at radius 3 is 2.50 bits per heavy atom. The molecule has 1 heterocycles. The van der Waals surface area contributed by atoms with E-state index in [1.165, 1.54) is 16.4 Å². The Bertz CT molecular complexity index is 864. The normalized spacial score (nSPS) is 22.7. The van der Waals surface area contributed by atoms with Crippen molar-refractivity contribution in [3.05, 3.63) is 65.7 Å².